The predicted octanol–water partition coefficient (Wildman–Crippen LogP) is -0.303. The predicted molar refractivity (Wildman–Crippen MR) is 58.8 cm³/mol. The van der Waals surface area contributed by atoms with Gasteiger partial charge in [-0.25, -0.2) is 9.48 Å². The van der Waals surface area contributed by atoms with Crippen molar-refractivity contribution in [2.24, 2.45) is 0 Å². The van der Waals surface area contributed by atoms with Gasteiger partial charge in [-0.1, -0.05) is 12.1 Å². The molecule has 1 unspecified atom stereocenters. The van der Waals surface area contributed by atoms with E-state index in [2.05, 4.69) is 22.1 Å². The van der Waals surface area contributed by atoms with Gasteiger partial charge in [-0.3, -0.25) is 4.90 Å². The molecular formula is C10H16N4O3. The smallest absolute Gasteiger partial charge is 0.358 e. The van der Waals surface area contributed by atoms with E-state index < -0.39 is 5.97 Å². The summed E-state index contributed by atoms with van der Waals surface area (Å²) in [6.07, 6.45) is 1.48. The lowest BCUT2D eigenvalue weighted by atomic mass is 10.2. The molecule has 0 amide bonds. The maximum atomic E-state index is 10.6. The van der Waals surface area contributed by atoms with E-state index in [-0.39, 0.29) is 11.8 Å². The first-order valence-corrected chi connectivity index (χ1v) is 5.66. The Hall–Kier alpha value is -1.47. The van der Waals surface area contributed by atoms with E-state index >= 15 is 0 Å². The Morgan fingerprint density at radius 2 is 2.53 bits per heavy atom. The van der Waals surface area contributed by atoms with Crippen molar-refractivity contribution in [1.29, 1.82) is 0 Å². The Kier molecular flexibility index (Phi) is 3.70. The van der Waals surface area contributed by atoms with Gasteiger partial charge in [0.25, 0.3) is 0 Å². The summed E-state index contributed by atoms with van der Waals surface area (Å²) in [6, 6.07) is 0. The Morgan fingerprint density at radius 1 is 1.71 bits per heavy atom. The second-order valence-corrected chi connectivity index (χ2v) is 4.02. The van der Waals surface area contributed by atoms with Crippen LogP contribution in [0.5, 0.6) is 0 Å². The number of ether oxygens (including phenoxy) is 1. The summed E-state index contributed by atoms with van der Waals surface area (Å²) in [6.45, 7) is 6.15. The summed E-state index contributed by atoms with van der Waals surface area (Å²) in [7, 11) is 0. The summed E-state index contributed by atoms with van der Waals surface area (Å²) in [5, 5.41) is 16.1. The molecule has 1 aromatic heterocycles. The van der Waals surface area contributed by atoms with E-state index in [9.17, 15) is 4.79 Å². The fraction of sp³-hybridized carbons (Fsp3) is 0.700. The molecule has 2 heterocycles. The number of aromatic carboxylic acids is 1. The van der Waals surface area contributed by atoms with Crippen LogP contribution >= 0.6 is 0 Å². The number of aromatic nitrogens is 3. The third-order valence-corrected chi connectivity index (χ3v) is 2.82. The standard InChI is InChI=1S/C10H16N4O3/c1-2-13-3-4-17-8(5-13)6-14-7-9(10(15)16)11-12-14/h7-8H,2-6H2,1H3,(H,15,16). The average Bonchev–Trinajstić information content (AvgIpc) is 2.78. The van der Waals surface area contributed by atoms with Crippen LogP contribution in [0.25, 0.3) is 0 Å². The number of likely N-dealkylation sites (N-methyl/N-ethyl adjacent to an activating group) is 1. The van der Waals surface area contributed by atoms with Crippen molar-refractivity contribution < 1.29 is 14.6 Å². The fourth-order valence-electron chi connectivity index (χ4n) is 1.87. The van der Waals surface area contributed by atoms with Crippen molar-refractivity contribution in [3.05, 3.63) is 11.9 Å². The van der Waals surface area contributed by atoms with Crippen molar-refractivity contribution in [2.45, 2.75) is 19.6 Å². The molecule has 0 aromatic carbocycles. The van der Waals surface area contributed by atoms with Gasteiger partial charge in [0.05, 0.1) is 25.5 Å². The fourth-order valence-corrected chi connectivity index (χ4v) is 1.87. The van der Waals surface area contributed by atoms with Gasteiger partial charge < -0.3 is 9.84 Å². The van der Waals surface area contributed by atoms with Crippen LogP contribution < -0.4 is 0 Å². The van der Waals surface area contributed by atoms with Gasteiger partial charge >= 0.3 is 5.97 Å². The highest BCUT2D eigenvalue weighted by Gasteiger charge is 2.20. The summed E-state index contributed by atoms with van der Waals surface area (Å²) in [5.41, 5.74) is -0.0341. The molecule has 7 nitrogen and oxygen atoms in total. The molecule has 2 rings (SSSR count). The Morgan fingerprint density at radius 3 is 3.18 bits per heavy atom. The number of hydrogen-bond acceptors (Lipinski definition) is 5. The zero-order chi connectivity index (χ0) is 12.3. The van der Waals surface area contributed by atoms with Gasteiger partial charge in [0.2, 0.25) is 0 Å². The second kappa shape index (κ2) is 5.24. The lowest BCUT2D eigenvalue weighted by Gasteiger charge is -2.31. The molecule has 1 N–H and O–H groups in total. The first-order valence-electron chi connectivity index (χ1n) is 5.66. The molecule has 1 aliphatic rings. The highest BCUT2D eigenvalue weighted by atomic mass is 16.5. The molecule has 0 radical (unpaired) electrons. The van der Waals surface area contributed by atoms with Gasteiger partial charge in [0, 0.05) is 13.1 Å². The number of carboxylic acid groups (broad SMARTS) is 1. The Balaban J connectivity index is 1.93. The van der Waals surface area contributed by atoms with Gasteiger partial charge in [0.15, 0.2) is 5.69 Å². The first-order chi connectivity index (χ1) is 8.19. The van der Waals surface area contributed by atoms with Crippen LogP contribution in [0.4, 0.5) is 0 Å². The van der Waals surface area contributed by atoms with Gasteiger partial charge in [-0.15, -0.1) is 5.10 Å². The van der Waals surface area contributed by atoms with Crippen LogP contribution in [-0.2, 0) is 11.3 Å². The maximum absolute atomic E-state index is 10.6. The zero-order valence-electron chi connectivity index (χ0n) is 9.74. The topological polar surface area (TPSA) is 80.5 Å². The quantitative estimate of drug-likeness (QED) is 0.778. The molecule has 94 valence electrons. The molecule has 1 aromatic rings. The third-order valence-electron chi connectivity index (χ3n) is 2.82. The van der Waals surface area contributed by atoms with E-state index in [1.54, 1.807) is 0 Å². The number of nitrogens with zero attached hydrogens (tertiary/aromatic N) is 4. The molecule has 7 heteroatoms. The normalized spacial score (nSPS) is 21.6. The zero-order valence-corrected chi connectivity index (χ0v) is 9.74. The molecular weight excluding hydrogens is 224 g/mol. The van der Waals surface area contributed by atoms with Gasteiger partial charge in [-0.2, -0.15) is 0 Å². The molecule has 0 spiro atoms. The molecule has 1 atom stereocenters. The first kappa shape index (κ1) is 12.0. The van der Waals surface area contributed by atoms with E-state index in [1.165, 1.54) is 10.9 Å². The molecule has 17 heavy (non-hydrogen) atoms. The Bertz CT molecular complexity index is 393. The van der Waals surface area contributed by atoms with Crippen molar-refractivity contribution in [1.82, 2.24) is 19.9 Å². The second-order valence-electron chi connectivity index (χ2n) is 4.02. The van der Waals surface area contributed by atoms with Crippen molar-refractivity contribution in [3.8, 4) is 0 Å². The minimum atomic E-state index is -1.06. The average molecular weight is 240 g/mol. The number of morpholine rings is 1. The Labute approximate surface area is 99.0 Å². The molecule has 1 aliphatic heterocycles. The lowest BCUT2D eigenvalue weighted by Crippen LogP contribution is -2.44. The third kappa shape index (κ3) is 3.01. The van der Waals surface area contributed by atoms with Gasteiger partial charge in [-0.05, 0) is 6.54 Å². The monoisotopic (exact) mass is 240 g/mol. The molecule has 0 aliphatic carbocycles. The van der Waals surface area contributed by atoms with Crippen LogP contribution in [0.3, 0.4) is 0 Å². The summed E-state index contributed by atoms with van der Waals surface area (Å²) < 4.78 is 7.13. The van der Waals surface area contributed by atoms with Crippen molar-refractivity contribution in [3.63, 3.8) is 0 Å². The van der Waals surface area contributed by atoms with Crippen LogP contribution in [0.1, 0.15) is 17.4 Å². The van der Waals surface area contributed by atoms with E-state index in [1.807, 2.05) is 0 Å². The highest BCUT2D eigenvalue weighted by molar-refractivity contribution is 5.84. The number of carboxylic acids is 1. The van der Waals surface area contributed by atoms with Crippen molar-refractivity contribution in [2.75, 3.05) is 26.2 Å². The lowest BCUT2D eigenvalue weighted by molar-refractivity contribution is -0.0360. The summed E-state index contributed by atoms with van der Waals surface area (Å²) in [4.78, 5) is 12.9. The number of hydrogen-bond donors (Lipinski definition) is 1. The van der Waals surface area contributed by atoms with E-state index in [0.717, 1.165) is 19.6 Å². The van der Waals surface area contributed by atoms with Crippen LogP contribution in [0.2, 0.25) is 0 Å². The van der Waals surface area contributed by atoms with Gasteiger partial charge in [0.1, 0.15) is 0 Å². The summed E-state index contributed by atoms with van der Waals surface area (Å²) >= 11 is 0. The molecule has 1 saturated heterocycles. The van der Waals surface area contributed by atoms with Crippen molar-refractivity contribution >= 4 is 5.97 Å². The minimum Gasteiger partial charge on any atom is -0.476 e. The van der Waals surface area contributed by atoms with E-state index in [4.69, 9.17) is 9.84 Å². The molecule has 1 fully saturated rings. The SMILES string of the molecule is CCN1CCOC(Cn2cc(C(=O)O)nn2)C1. The summed E-state index contributed by atoms with van der Waals surface area (Å²) in [5.74, 6) is -1.06. The largest absolute Gasteiger partial charge is 0.476 e. The van der Waals surface area contributed by atoms with Crippen LogP contribution in [0.15, 0.2) is 6.20 Å². The number of carbonyl (C=O) groups is 1. The van der Waals surface area contributed by atoms with Crippen LogP contribution in [0, 0.1) is 0 Å². The number of rotatable bonds is 4. The highest BCUT2D eigenvalue weighted by Crippen LogP contribution is 2.07. The molecule has 0 bridgehead atoms. The van der Waals surface area contributed by atoms with Crippen LogP contribution in [-0.4, -0.2) is 63.3 Å². The minimum absolute atomic E-state index is 0.0341. The molecule has 0 saturated carbocycles. The van der Waals surface area contributed by atoms with E-state index in [0.29, 0.717) is 13.2 Å². The maximum Gasteiger partial charge on any atom is 0.358 e.